The van der Waals surface area contributed by atoms with Gasteiger partial charge in [-0.15, -0.1) is 0 Å². The van der Waals surface area contributed by atoms with Crippen LogP contribution in [0.25, 0.3) is 0 Å². The van der Waals surface area contributed by atoms with Crippen molar-refractivity contribution in [1.82, 2.24) is 20.0 Å². The third-order valence-corrected chi connectivity index (χ3v) is 3.59. The molecule has 1 aromatic heterocycles. The Kier molecular flexibility index (Phi) is 4.84. The van der Waals surface area contributed by atoms with Gasteiger partial charge >= 0.3 is 6.18 Å². The first kappa shape index (κ1) is 16.5. The van der Waals surface area contributed by atoms with Gasteiger partial charge in [0, 0.05) is 13.1 Å². The minimum atomic E-state index is -4.41. The Morgan fingerprint density at radius 3 is 2.82 bits per heavy atom. The zero-order valence-electron chi connectivity index (χ0n) is 12.1. The summed E-state index contributed by atoms with van der Waals surface area (Å²) in [6.07, 6.45) is -2.84. The second-order valence-corrected chi connectivity index (χ2v) is 5.34. The number of amides is 1. The number of alkyl halides is 3. The van der Waals surface area contributed by atoms with Crippen molar-refractivity contribution in [3.05, 3.63) is 28.2 Å². The highest BCUT2D eigenvalue weighted by atomic mass is 19.4. The predicted molar refractivity (Wildman–Crippen MR) is 72.1 cm³/mol. The van der Waals surface area contributed by atoms with E-state index in [1.807, 2.05) is 0 Å². The lowest BCUT2D eigenvalue weighted by molar-refractivity contribution is -0.159. The number of aromatic amines is 1. The van der Waals surface area contributed by atoms with E-state index in [2.05, 4.69) is 10.2 Å². The first-order valence-electron chi connectivity index (χ1n) is 6.86. The van der Waals surface area contributed by atoms with Crippen molar-refractivity contribution in [3.63, 3.8) is 0 Å². The van der Waals surface area contributed by atoms with Crippen LogP contribution in [0, 0.1) is 0 Å². The lowest BCUT2D eigenvalue weighted by atomic mass is 10.1. The minimum absolute atomic E-state index is 0.0992. The summed E-state index contributed by atoms with van der Waals surface area (Å²) in [5, 5.41) is 6.27. The third kappa shape index (κ3) is 4.30. The second-order valence-electron chi connectivity index (χ2n) is 5.34. The second kappa shape index (κ2) is 6.47. The SMILES string of the molecule is CN(CC(F)(F)F)C(=O)CN1CCCC1c1ccc(=O)[nH]n1. The molecule has 122 valence electrons. The molecule has 0 aliphatic carbocycles. The van der Waals surface area contributed by atoms with E-state index in [0.29, 0.717) is 17.1 Å². The van der Waals surface area contributed by atoms with Crippen LogP contribution in [0.1, 0.15) is 24.6 Å². The fourth-order valence-corrected chi connectivity index (χ4v) is 2.54. The maximum Gasteiger partial charge on any atom is 0.406 e. The number of nitrogens with one attached hydrogen (secondary N) is 1. The highest BCUT2D eigenvalue weighted by Gasteiger charge is 2.34. The Morgan fingerprint density at radius 2 is 2.23 bits per heavy atom. The van der Waals surface area contributed by atoms with Gasteiger partial charge in [0.15, 0.2) is 0 Å². The van der Waals surface area contributed by atoms with E-state index in [1.165, 1.54) is 6.07 Å². The van der Waals surface area contributed by atoms with Crippen LogP contribution in [0.2, 0.25) is 0 Å². The van der Waals surface area contributed by atoms with Crippen molar-refractivity contribution < 1.29 is 18.0 Å². The molecule has 1 aliphatic heterocycles. The summed E-state index contributed by atoms with van der Waals surface area (Å²) in [5.74, 6) is -0.589. The molecule has 0 aromatic carbocycles. The van der Waals surface area contributed by atoms with E-state index in [0.717, 1.165) is 19.9 Å². The summed E-state index contributed by atoms with van der Waals surface area (Å²) in [4.78, 5) is 25.4. The number of carbonyl (C=O) groups is 1. The van der Waals surface area contributed by atoms with Crippen LogP contribution in [-0.4, -0.2) is 58.8 Å². The van der Waals surface area contributed by atoms with Gasteiger partial charge in [-0.1, -0.05) is 0 Å². The van der Waals surface area contributed by atoms with Gasteiger partial charge in [-0.25, -0.2) is 5.10 Å². The number of H-pyrrole nitrogens is 1. The monoisotopic (exact) mass is 318 g/mol. The molecule has 1 unspecified atom stereocenters. The number of nitrogens with zero attached hydrogens (tertiary/aromatic N) is 3. The number of likely N-dealkylation sites (tertiary alicyclic amines) is 1. The quantitative estimate of drug-likeness (QED) is 0.896. The van der Waals surface area contributed by atoms with Gasteiger partial charge in [-0.3, -0.25) is 14.5 Å². The van der Waals surface area contributed by atoms with Gasteiger partial charge in [-0.2, -0.15) is 18.3 Å². The molecule has 1 atom stereocenters. The molecule has 6 nitrogen and oxygen atoms in total. The molecular formula is C13H17F3N4O2. The number of carbonyl (C=O) groups excluding carboxylic acids is 1. The summed E-state index contributed by atoms with van der Waals surface area (Å²) < 4.78 is 36.9. The molecule has 2 heterocycles. The molecule has 0 radical (unpaired) electrons. The summed E-state index contributed by atoms with van der Waals surface area (Å²) in [6.45, 7) is -0.754. The smallest absolute Gasteiger partial charge is 0.336 e. The Bertz CT molecular complexity index is 567. The first-order valence-corrected chi connectivity index (χ1v) is 6.86. The van der Waals surface area contributed by atoms with E-state index in [1.54, 1.807) is 11.0 Å². The molecule has 1 N–H and O–H groups in total. The van der Waals surface area contributed by atoms with Crippen LogP contribution >= 0.6 is 0 Å². The number of likely N-dealkylation sites (N-methyl/N-ethyl adjacent to an activating group) is 1. The summed E-state index contributed by atoms with van der Waals surface area (Å²) in [6, 6.07) is 2.75. The van der Waals surface area contributed by atoms with Gasteiger partial charge in [0.25, 0.3) is 5.56 Å². The lowest BCUT2D eigenvalue weighted by Gasteiger charge is -2.26. The van der Waals surface area contributed by atoms with Crippen molar-refractivity contribution in [2.24, 2.45) is 0 Å². The maximum absolute atomic E-state index is 12.3. The van der Waals surface area contributed by atoms with Crippen LogP contribution in [0.4, 0.5) is 13.2 Å². The van der Waals surface area contributed by atoms with Crippen LogP contribution in [0.5, 0.6) is 0 Å². The van der Waals surface area contributed by atoms with Crippen molar-refractivity contribution >= 4 is 5.91 Å². The molecule has 1 amide bonds. The number of aromatic nitrogens is 2. The van der Waals surface area contributed by atoms with E-state index in [-0.39, 0.29) is 18.1 Å². The van der Waals surface area contributed by atoms with Crippen LogP contribution in [0.15, 0.2) is 16.9 Å². The van der Waals surface area contributed by atoms with E-state index < -0.39 is 18.6 Å². The fraction of sp³-hybridized carbons (Fsp3) is 0.615. The van der Waals surface area contributed by atoms with Gasteiger partial charge in [0.2, 0.25) is 5.91 Å². The number of hydrogen-bond acceptors (Lipinski definition) is 4. The highest BCUT2D eigenvalue weighted by Crippen LogP contribution is 2.29. The van der Waals surface area contributed by atoms with E-state index in [9.17, 15) is 22.8 Å². The molecule has 1 fully saturated rings. The lowest BCUT2D eigenvalue weighted by Crippen LogP contribution is -2.42. The molecular weight excluding hydrogens is 301 g/mol. The molecule has 1 saturated heterocycles. The molecule has 22 heavy (non-hydrogen) atoms. The number of halogens is 3. The summed E-state index contributed by atoms with van der Waals surface area (Å²) in [7, 11) is 1.14. The zero-order chi connectivity index (χ0) is 16.3. The Labute approximate surface area is 124 Å². The molecule has 1 aromatic rings. The van der Waals surface area contributed by atoms with Gasteiger partial charge < -0.3 is 4.90 Å². The minimum Gasteiger partial charge on any atom is -0.336 e. The fourth-order valence-electron chi connectivity index (χ4n) is 2.54. The zero-order valence-corrected chi connectivity index (χ0v) is 12.1. The van der Waals surface area contributed by atoms with Crippen molar-refractivity contribution in [1.29, 1.82) is 0 Å². The summed E-state index contributed by atoms with van der Waals surface area (Å²) >= 11 is 0. The van der Waals surface area contributed by atoms with Crippen molar-refractivity contribution in [2.75, 3.05) is 26.7 Å². The topological polar surface area (TPSA) is 69.3 Å². The average Bonchev–Trinajstić information content (AvgIpc) is 2.85. The summed E-state index contributed by atoms with van der Waals surface area (Å²) in [5.41, 5.74) is 0.289. The third-order valence-electron chi connectivity index (χ3n) is 3.59. The van der Waals surface area contributed by atoms with Gasteiger partial charge in [-0.05, 0) is 25.5 Å². The predicted octanol–water partition coefficient (Wildman–Crippen LogP) is 0.927. The van der Waals surface area contributed by atoms with Crippen LogP contribution in [0.3, 0.4) is 0 Å². The molecule has 9 heteroatoms. The molecule has 0 bridgehead atoms. The Hall–Kier alpha value is -1.90. The van der Waals surface area contributed by atoms with Crippen molar-refractivity contribution in [2.45, 2.75) is 25.1 Å². The van der Waals surface area contributed by atoms with E-state index in [4.69, 9.17) is 0 Å². The normalized spacial score (nSPS) is 19.4. The maximum atomic E-state index is 12.3. The van der Waals surface area contributed by atoms with Gasteiger partial charge in [0.05, 0.1) is 18.3 Å². The first-order chi connectivity index (χ1) is 10.3. The molecule has 0 saturated carbocycles. The number of hydrogen-bond donors (Lipinski definition) is 1. The largest absolute Gasteiger partial charge is 0.406 e. The highest BCUT2D eigenvalue weighted by molar-refractivity contribution is 5.78. The number of rotatable bonds is 4. The average molecular weight is 318 g/mol. The molecule has 0 spiro atoms. The van der Waals surface area contributed by atoms with Crippen LogP contribution < -0.4 is 5.56 Å². The molecule has 2 rings (SSSR count). The Morgan fingerprint density at radius 1 is 1.50 bits per heavy atom. The van der Waals surface area contributed by atoms with E-state index >= 15 is 0 Å². The Balaban J connectivity index is 2.00. The van der Waals surface area contributed by atoms with Crippen LogP contribution in [-0.2, 0) is 4.79 Å². The van der Waals surface area contributed by atoms with Crippen molar-refractivity contribution in [3.8, 4) is 0 Å². The van der Waals surface area contributed by atoms with Gasteiger partial charge in [0.1, 0.15) is 6.54 Å². The molecule has 1 aliphatic rings. The standard InChI is InChI=1S/C13H17F3N4O2/c1-19(8-13(14,15)16)12(22)7-20-6-2-3-10(20)9-4-5-11(21)18-17-9/h4-5,10H,2-3,6-8H2,1H3,(H,18,21).